The molecule has 1 aliphatic heterocycles. The van der Waals surface area contributed by atoms with Gasteiger partial charge in [-0.05, 0) is 35.4 Å². The predicted octanol–water partition coefficient (Wildman–Crippen LogP) is 3.35. The number of benzene rings is 2. The molecule has 6 nitrogen and oxygen atoms in total. The van der Waals surface area contributed by atoms with E-state index in [9.17, 15) is 5.11 Å². The summed E-state index contributed by atoms with van der Waals surface area (Å²) in [6.07, 6.45) is 5.10. The molecule has 3 rings (SSSR count). The summed E-state index contributed by atoms with van der Waals surface area (Å²) in [5.74, 6) is 3.20. The fraction of sp³-hybridized carbons (Fsp3) is 0.375. The van der Waals surface area contributed by atoms with E-state index in [1.807, 2.05) is 48.5 Å². The van der Waals surface area contributed by atoms with E-state index in [0.29, 0.717) is 31.1 Å². The van der Waals surface area contributed by atoms with Crippen LogP contribution in [0.4, 0.5) is 0 Å². The number of aliphatic hydroxyl groups excluding tert-OH is 1. The molecule has 1 N–H and O–H groups in total. The summed E-state index contributed by atoms with van der Waals surface area (Å²) in [4.78, 5) is 7.82. The Balaban J connectivity index is 1.63. The minimum Gasteiger partial charge on any atom is -0.497 e. The lowest BCUT2D eigenvalue weighted by molar-refractivity contribution is 0.00417. The zero-order valence-corrected chi connectivity index (χ0v) is 18.3. The van der Waals surface area contributed by atoms with Gasteiger partial charge in [0.1, 0.15) is 18.5 Å². The van der Waals surface area contributed by atoms with Crippen molar-refractivity contribution in [2.45, 2.75) is 25.2 Å². The lowest BCUT2D eigenvalue weighted by Gasteiger charge is -2.27. The molecule has 1 aliphatic rings. The van der Waals surface area contributed by atoms with Crippen molar-refractivity contribution in [3.63, 3.8) is 0 Å². The molecule has 1 heterocycles. The van der Waals surface area contributed by atoms with Gasteiger partial charge >= 0.3 is 0 Å². The Morgan fingerprint density at radius 1 is 1.32 bits per heavy atom. The summed E-state index contributed by atoms with van der Waals surface area (Å²) in [6, 6.07) is 15.4. The third kappa shape index (κ3) is 7.27. The van der Waals surface area contributed by atoms with Gasteiger partial charge in [-0.1, -0.05) is 46.9 Å². The summed E-state index contributed by atoms with van der Waals surface area (Å²) in [7, 11) is 1.64. The number of aliphatic hydroxyl groups is 1. The number of terminal acetylenes is 1. The summed E-state index contributed by atoms with van der Waals surface area (Å²) < 4.78 is 10.6. The maximum atomic E-state index is 10.4. The van der Waals surface area contributed by atoms with Gasteiger partial charge in [0.25, 0.3) is 0 Å². The van der Waals surface area contributed by atoms with Crippen LogP contribution in [0.1, 0.15) is 17.5 Å². The number of nitrogens with zero attached hydrogens (tertiary/aromatic N) is 2. The molecule has 0 aliphatic carbocycles. The molecule has 0 bridgehead atoms. The molecule has 2 aromatic rings. The van der Waals surface area contributed by atoms with Crippen molar-refractivity contribution >= 4 is 17.3 Å². The summed E-state index contributed by atoms with van der Waals surface area (Å²) in [5, 5.41) is 15.4. The minimum absolute atomic E-state index is 0.116. The molecule has 164 valence electrons. The van der Waals surface area contributed by atoms with Gasteiger partial charge < -0.3 is 19.4 Å². The normalized spacial score (nSPS) is 16.5. The van der Waals surface area contributed by atoms with Crippen LogP contribution in [0.3, 0.4) is 0 Å². The van der Waals surface area contributed by atoms with Crippen molar-refractivity contribution in [1.29, 1.82) is 0 Å². The Hall–Kier alpha value is -2.56. The maximum Gasteiger partial charge on any atom is 0.145 e. The number of hydrogen-bond donors (Lipinski definition) is 1. The molecule has 0 saturated heterocycles. The van der Waals surface area contributed by atoms with Gasteiger partial charge in [-0.2, -0.15) is 0 Å². The Morgan fingerprint density at radius 2 is 2.13 bits per heavy atom. The SMILES string of the molecule is C#CCOC[C@H](O)CN(Cc1cccc(OC)c1)C[C@@H]1CC(c2ccc(Cl)cc2)=NO1. The average Bonchev–Trinajstić information content (AvgIpc) is 3.23. The van der Waals surface area contributed by atoms with Crippen LogP contribution in [0.2, 0.25) is 5.02 Å². The van der Waals surface area contributed by atoms with E-state index in [1.54, 1.807) is 7.11 Å². The van der Waals surface area contributed by atoms with Gasteiger partial charge in [0.05, 0.1) is 25.5 Å². The lowest BCUT2D eigenvalue weighted by Crippen LogP contribution is -2.39. The first-order valence-electron chi connectivity index (χ1n) is 10.1. The number of halogens is 1. The minimum atomic E-state index is -0.669. The Bertz CT molecular complexity index is 911. The van der Waals surface area contributed by atoms with E-state index >= 15 is 0 Å². The van der Waals surface area contributed by atoms with Crippen LogP contribution in [0, 0.1) is 12.3 Å². The predicted molar refractivity (Wildman–Crippen MR) is 121 cm³/mol. The van der Waals surface area contributed by atoms with Crippen molar-refractivity contribution in [1.82, 2.24) is 4.90 Å². The third-order valence-corrected chi connectivity index (χ3v) is 5.13. The van der Waals surface area contributed by atoms with E-state index in [2.05, 4.69) is 16.0 Å². The quantitative estimate of drug-likeness (QED) is 0.427. The van der Waals surface area contributed by atoms with E-state index in [-0.39, 0.29) is 19.3 Å². The van der Waals surface area contributed by atoms with E-state index in [0.717, 1.165) is 22.6 Å². The molecular formula is C24H27ClN2O4. The molecule has 0 amide bonds. The molecular weight excluding hydrogens is 416 g/mol. The van der Waals surface area contributed by atoms with Crippen molar-refractivity contribution in [3.05, 3.63) is 64.7 Å². The van der Waals surface area contributed by atoms with Gasteiger partial charge in [-0.3, -0.25) is 4.90 Å². The van der Waals surface area contributed by atoms with Crippen LogP contribution in [0.25, 0.3) is 0 Å². The van der Waals surface area contributed by atoms with E-state index in [1.165, 1.54) is 0 Å². The highest BCUT2D eigenvalue weighted by Gasteiger charge is 2.26. The second-order valence-electron chi connectivity index (χ2n) is 7.40. The molecule has 0 spiro atoms. The molecule has 2 atom stereocenters. The van der Waals surface area contributed by atoms with Crippen LogP contribution >= 0.6 is 11.6 Å². The Labute approximate surface area is 188 Å². The highest BCUT2D eigenvalue weighted by atomic mass is 35.5. The van der Waals surface area contributed by atoms with Gasteiger partial charge in [0, 0.05) is 31.1 Å². The van der Waals surface area contributed by atoms with Crippen molar-refractivity contribution in [2.24, 2.45) is 5.16 Å². The number of methoxy groups -OCH3 is 1. The van der Waals surface area contributed by atoms with Crippen LogP contribution in [0.5, 0.6) is 5.75 Å². The molecule has 0 saturated carbocycles. The van der Waals surface area contributed by atoms with E-state index in [4.69, 9.17) is 32.3 Å². The standard InChI is InChI=1S/C24H27ClN2O4/c1-3-11-30-17-21(28)15-27(14-18-5-4-6-22(12-18)29-2)16-23-13-24(26-31-23)19-7-9-20(25)10-8-19/h1,4-10,12,21,23,28H,11,13-17H2,2H3/t21-,23+/m1/s1. The van der Waals surface area contributed by atoms with Crippen LogP contribution in [0.15, 0.2) is 53.7 Å². The largest absolute Gasteiger partial charge is 0.497 e. The monoisotopic (exact) mass is 442 g/mol. The van der Waals surface area contributed by atoms with Gasteiger partial charge in [-0.15, -0.1) is 6.42 Å². The Morgan fingerprint density at radius 3 is 2.87 bits per heavy atom. The first-order valence-corrected chi connectivity index (χ1v) is 10.5. The lowest BCUT2D eigenvalue weighted by atomic mass is 10.0. The topological polar surface area (TPSA) is 63.5 Å². The van der Waals surface area contributed by atoms with Crippen LogP contribution in [-0.2, 0) is 16.1 Å². The fourth-order valence-corrected chi connectivity index (χ4v) is 3.59. The molecule has 0 unspecified atom stereocenters. The smallest absolute Gasteiger partial charge is 0.145 e. The average molecular weight is 443 g/mol. The fourth-order valence-electron chi connectivity index (χ4n) is 3.46. The molecule has 7 heteroatoms. The summed E-state index contributed by atoms with van der Waals surface area (Å²) >= 11 is 5.98. The maximum absolute atomic E-state index is 10.4. The zero-order chi connectivity index (χ0) is 22.1. The molecule has 31 heavy (non-hydrogen) atoms. The number of hydrogen-bond acceptors (Lipinski definition) is 6. The third-order valence-electron chi connectivity index (χ3n) is 4.88. The second-order valence-corrected chi connectivity index (χ2v) is 7.83. The first-order chi connectivity index (χ1) is 15.1. The second kappa shape index (κ2) is 11.7. The zero-order valence-electron chi connectivity index (χ0n) is 17.5. The number of ether oxygens (including phenoxy) is 2. The molecule has 0 radical (unpaired) electrons. The van der Waals surface area contributed by atoms with Gasteiger partial charge in [0.15, 0.2) is 0 Å². The highest BCUT2D eigenvalue weighted by molar-refractivity contribution is 6.30. The summed E-state index contributed by atoms with van der Waals surface area (Å²) in [6.45, 7) is 2.00. The van der Waals surface area contributed by atoms with Gasteiger partial charge in [-0.25, -0.2) is 0 Å². The molecule has 0 fully saturated rings. The van der Waals surface area contributed by atoms with Crippen molar-refractivity contribution in [2.75, 3.05) is 33.4 Å². The van der Waals surface area contributed by atoms with Crippen molar-refractivity contribution < 1.29 is 19.4 Å². The van der Waals surface area contributed by atoms with Crippen LogP contribution in [-0.4, -0.2) is 61.3 Å². The first kappa shape index (κ1) is 23.1. The Kier molecular flexibility index (Phi) is 8.74. The highest BCUT2D eigenvalue weighted by Crippen LogP contribution is 2.21. The molecule has 0 aromatic heterocycles. The summed E-state index contributed by atoms with van der Waals surface area (Å²) in [5.41, 5.74) is 2.96. The van der Waals surface area contributed by atoms with Gasteiger partial charge in [0.2, 0.25) is 0 Å². The molecule has 2 aromatic carbocycles. The van der Waals surface area contributed by atoms with E-state index < -0.39 is 6.10 Å². The van der Waals surface area contributed by atoms with Crippen LogP contribution < -0.4 is 4.74 Å². The number of oxime groups is 1. The van der Waals surface area contributed by atoms with Crippen molar-refractivity contribution in [3.8, 4) is 18.1 Å². The number of rotatable bonds is 11.